The molecule has 132 valence electrons. The van der Waals surface area contributed by atoms with Crippen molar-refractivity contribution in [3.05, 3.63) is 60.4 Å². The van der Waals surface area contributed by atoms with Crippen LogP contribution in [0.2, 0.25) is 0 Å². The van der Waals surface area contributed by atoms with Crippen molar-refractivity contribution in [2.45, 2.75) is 0 Å². The topological polar surface area (TPSA) is 106 Å². The van der Waals surface area contributed by atoms with Crippen LogP contribution in [0.1, 0.15) is 11.3 Å². The maximum Gasteiger partial charge on any atom is 0.357 e. The number of nitrogens with zero attached hydrogens (tertiary/aromatic N) is 3. The molecule has 1 aromatic carbocycles. The second kappa shape index (κ2) is 7.04. The lowest BCUT2D eigenvalue weighted by Crippen LogP contribution is -2.39. The minimum Gasteiger partial charge on any atom is -0.497 e. The Bertz CT molecular complexity index is 971. The summed E-state index contributed by atoms with van der Waals surface area (Å²) < 4.78 is 12.1. The van der Waals surface area contributed by atoms with Crippen LogP contribution in [0.3, 0.4) is 0 Å². The molecule has 0 unspecified atom stereocenters. The number of benzene rings is 1. The maximum atomic E-state index is 12.1. The van der Waals surface area contributed by atoms with E-state index in [2.05, 4.69) is 0 Å². The summed E-state index contributed by atoms with van der Waals surface area (Å²) in [6.45, 7) is 0. The van der Waals surface area contributed by atoms with Crippen LogP contribution in [0.5, 0.6) is 11.5 Å². The molecule has 0 bridgehead atoms. The molecular formula is C16H17N3O6. The number of aromatic nitrogens is 2. The van der Waals surface area contributed by atoms with Crippen LogP contribution in [0.4, 0.5) is 5.69 Å². The number of methoxy groups -OCH3 is 2. The van der Waals surface area contributed by atoms with E-state index in [0.29, 0.717) is 21.6 Å². The molecular weight excluding hydrogens is 330 g/mol. The smallest absolute Gasteiger partial charge is 0.357 e. The first-order chi connectivity index (χ1) is 11.8. The summed E-state index contributed by atoms with van der Waals surface area (Å²) in [5.74, 6) is 1.07. The first kappa shape index (κ1) is 18.0. The molecule has 25 heavy (non-hydrogen) atoms. The van der Waals surface area contributed by atoms with Crippen molar-refractivity contribution in [3.8, 4) is 11.5 Å². The van der Waals surface area contributed by atoms with Crippen LogP contribution < -0.4 is 20.7 Å². The van der Waals surface area contributed by atoms with Gasteiger partial charge in [0.1, 0.15) is 17.2 Å². The molecule has 0 fully saturated rings. The Morgan fingerprint density at radius 3 is 2.32 bits per heavy atom. The van der Waals surface area contributed by atoms with Crippen molar-refractivity contribution in [1.29, 1.82) is 0 Å². The van der Waals surface area contributed by atoms with E-state index in [9.17, 15) is 19.7 Å². The minimum atomic E-state index is -0.967. The van der Waals surface area contributed by atoms with Gasteiger partial charge in [-0.25, -0.2) is 4.79 Å². The second-order valence-electron chi connectivity index (χ2n) is 5.14. The van der Waals surface area contributed by atoms with Crippen molar-refractivity contribution in [1.82, 2.24) is 9.13 Å². The zero-order valence-electron chi connectivity index (χ0n) is 14.2. The van der Waals surface area contributed by atoms with Crippen LogP contribution in [-0.4, -0.2) is 28.3 Å². The molecule has 2 rings (SSSR count). The lowest BCUT2D eigenvalue weighted by molar-refractivity contribution is -0.387. The van der Waals surface area contributed by atoms with E-state index >= 15 is 0 Å². The average Bonchev–Trinajstić information content (AvgIpc) is 2.60. The maximum absolute atomic E-state index is 12.1. The highest BCUT2D eigenvalue weighted by Crippen LogP contribution is 2.26. The van der Waals surface area contributed by atoms with Gasteiger partial charge in [-0.05, 0) is 30.4 Å². The third kappa shape index (κ3) is 3.30. The first-order valence-electron chi connectivity index (χ1n) is 7.16. The van der Waals surface area contributed by atoms with Gasteiger partial charge >= 0.3 is 16.9 Å². The van der Waals surface area contributed by atoms with Gasteiger partial charge in [-0.2, -0.15) is 0 Å². The molecule has 1 aromatic heterocycles. The standard InChI is InChI=1S/C16H17N3O6/c1-17-12(14(19(22)23)15(20)18(2)16(17)21)7-5-10-9-11(24-3)6-8-13(10)25-4/h5-9H,1-4H3/b7-5+. The molecule has 0 amide bonds. The molecule has 0 aliphatic heterocycles. The number of hydrogen-bond donors (Lipinski definition) is 0. The van der Waals surface area contributed by atoms with Gasteiger partial charge in [-0.15, -0.1) is 0 Å². The summed E-state index contributed by atoms with van der Waals surface area (Å²) in [5.41, 5.74) is -1.84. The van der Waals surface area contributed by atoms with Crippen LogP contribution in [0, 0.1) is 10.1 Å². The first-order valence-corrected chi connectivity index (χ1v) is 7.16. The fraction of sp³-hybridized carbons (Fsp3) is 0.250. The summed E-state index contributed by atoms with van der Waals surface area (Å²) in [6.07, 6.45) is 2.85. The van der Waals surface area contributed by atoms with Gasteiger partial charge in [-0.1, -0.05) is 0 Å². The molecule has 0 N–H and O–H groups in total. The van der Waals surface area contributed by atoms with Gasteiger partial charge in [0.25, 0.3) is 0 Å². The Hall–Kier alpha value is -3.36. The Kier molecular flexibility index (Phi) is 5.06. The van der Waals surface area contributed by atoms with Crippen molar-refractivity contribution in [2.24, 2.45) is 14.1 Å². The molecule has 9 nitrogen and oxygen atoms in total. The quantitative estimate of drug-likeness (QED) is 0.594. The molecule has 0 saturated carbocycles. The fourth-order valence-corrected chi connectivity index (χ4v) is 2.34. The average molecular weight is 347 g/mol. The lowest BCUT2D eigenvalue weighted by Gasteiger charge is -2.09. The number of hydrogen-bond acceptors (Lipinski definition) is 6. The summed E-state index contributed by atoms with van der Waals surface area (Å²) in [5, 5.41) is 11.3. The summed E-state index contributed by atoms with van der Waals surface area (Å²) >= 11 is 0. The summed E-state index contributed by atoms with van der Waals surface area (Å²) in [6, 6.07) is 5.04. The van der Waals surface area contributed by atoms with Crippen LogP contribution >= 0.6 is 0 Å². The van der Waals surface area contributed by atoms with Crippen LogP contribution in [0.25, 0.3) is 12.2 Å². The number of ether oxygens (including phenoxy) is 2. The van der Waals surface area contributed by atoms with E-state index in [1.54, 1.807) is 18.2 Å². The van der Waals surface area contributed by atoms with Gasteiger partial charge in [-0.3, -0.25) is 24.0 Å². The SMILES string of the molecule is COc1ccc(OC)c(/C=C/c2c([N+](=O)[O-])c(=O)n(C)c(=O)n2C)c1. The molecule has 0 aliphatic rings. The van der Waals surface area contributed by atoms with Crippen molar-refractivity contribution >= 4 is 17.8 Å². The van der Waals surface area contributed by atoms with Crippen LogP contribution in [0.15, 0.2) is 27.8 Å². The Morgan fingerprint density at radius 1 is 1.08 bits per heavy atom. The molecule has 1 heterocycles. The van der Waals surface area contributed by atoms with E-state index in [4.69, 9.17) is 9.47 Å². The third-order valence-corrected chi connectivity index (χ3v) is 3.73. The van der Waals surface area contributed by atoms with E-state index in [-0.39, 0.29) is 5.69 Å². The second-order valence-corrected chi connectivity index (χ2v) is 5.14. The molecule has 2 aromatic rings. The Balaban J connectivity index is 2.69. The largest absolute Gasteiger partial charge is 0.497 e. The Morgan fingerprint density at radius 2 is 1.76 bits per heavy atom. The molecule has 0 radical (unpaired) electrons. The molecule has 0 atom stereocenters. The van der Waals surface area contributed by atoms with E-state index in [0.717, 1.165) is 4.57 Å². The lowest BCUT2D eigenvalue weighted by atomic mass is 10.1. The van der Waals surface area contributed by atoms with Gasteiger partial charge in [0.15, 0.2) is 0 Å². The monoisotopic (exact) mass is 347 g/mol. The van der Waals surface area contributed by atoms with Gasteiger partial charge in [0.05, 0.1) is 19.1 Å². The number of rotatable bonds is 5. The van der Waals surface area contributed by atoms with Gasteiger partial charge in [0, 0.05) is 19.7 Å². The zero-order valence-corrected chi connectivity index (χ0v) is 14.2. The van der Waals surface area contributed by atoms with E-state index < -0.39 is 21.9 Å². The van der Waals surface area contributed by atoms with Crippen LogP contribution in [-0.2, 0) is 14.1 Å². The van der Waals surface area contributed by atoms with Crippen molar-refractivity contribution in [2.75, 3.05) is 14.2 Å². The highest BCUT2D eigenvalue weighted by molar-refractivity contribution is 5.75. The molecule has 0 aliphatic carbocycles. The Labute approximate surface area is 142 Å². The summed E-state index contributed by atoms with van der Waals surface area (Å²) in [4.78, 5) is 34.6. The highest BCUT2D eigenvalue weighted by atomic mass is 16.6. The van der Waals surface area contributed by atoms with E-state index in [1.807, 2.05) is 0 Å². The zero-order chi connectivity index (χ0) is 18.7. The predicted molar refractivity (Wildman–Crippen MR) is 92.1 cm³/mol. The molecule has 0 spiro atoms. The highest BCUT2D eigenvalue weighted by Gasteiger charge is 2.23. The van der Waals surface area contributed by atoms with Gasteiger partial charge in [0.2, 0.25) is 0 Å². The third-order valence-electron chi connectivity index (χ3n) is 3.73. The molecule has 0 saturated heterocycles. The number of nitro groups is 1. The minimum absolute atomic E-state index is 0.108. The van der Waals surface area contributed by atoms with Crippen molar-refractivity contribution in [3.63, 3.8) is 0 Å². The normalized spacial score (nSPS) is 10.9. The van der Waals surface area contributed by atoms with E-state index in [1.165, 1.54) is 40.5 Å². The predicted octanol–water partition coefficient (Wildman–Crippen LogP) is 1.18. The van der Waals surface area contributed by atoms with Crippen molar-refractivity contribution < 1.29 is 14.4 Å². The molecule has 9 heteroatoms. The summed E-state index contributed by atoms with van der Waals surface area (Å²) in [7, 11) is 5.54. The van der Waals surface area contributed by atoms with Gasteiger partial charge < -0.3 is 9.47 Å². The fourth-order valence-electron chi connectivity index (χ4n) is 2.34.